The highest BCUT2D eigenvalue weighted by atomic mass is 35.5. The third-order valence-corrected chi connectivity index (χ3v) is 4.63. The number of anilines is 2. The van der Waals surface area contributed by atoms with E-state index in [2.05, 4.69) is 5.32 Å². The lowest BCUT2D eigenvalue weighted by Gasteiger charge is -2.36. The van der Waals surface area contributed by atoms with Crippen LogP contribution in [0.4, 0.5) is 25.0 Å². The molecule has 25 heavy (non-hydrogen) atoms. The van der Waals surface area contributed by atoms with Crippen LogP contribution < -0.4 is 10.2 Å². The van der Waals surface area contributed by atoms with Gasteiger partial charge in [0.25, 0.3) is 0 Å². The Balaban J connectivity index is 1.65. The van der Waals surface area contributed by atoms with Gasteiger partial charge in [-0.15, -0.1) is 0 Å². The SMILES string of the molecule is O=C(Nc1c(F)cccc1F)N1CCN(c2c(Cl)cccc2Cl)CC1. The van der Waals surface area contributed by atoms with Crippen molar-refractivity contribution < 1.29 is 13.6 Å². The molecule has 1 aliphatic rings. The number of hydrogen-bond acceptors (Lipinski definition) is 2. The molecule has 0 aliphatic carbocycles. The molecule has 132 valence electrons. The summed E-state index contributed by atoms with van der Waals surface area (Å²) in [5, 5.41) is 3.37. The largest absolute Gasteiger partial charge is 0.366 e. The lowest BCUT2D eigenvalue weighted by molar-refractivity contribution is 0.208. The van der Waals surface area contributed by atoms with Crippen molar-refractivity contribution in [3.8, 4) is 0 Å². The Hall–Kier alpha value is -2.05. The zero-order chi connectivity index (χ0) is 18.0. The highest BCUT2D eigenvalue weighted by Gasteiger charge is 2.25. The summed E-state index contributed by atoms with van der Waals surface area (Å²) >= 11 is 12.4. The van der Waals surface area contributed by atoms with Crippen LogP contribution in [0.5, 0.6) is 0 Å². The van der Waals surface area contributed by atoms with Crippen LogP contribution in [0.25, 0.3) is 0 Å². The Morgan fingerprint density at radius 1 is 0.920 bits per heavy atom. The molecule has 2 aromatic rings. The van der Waals surface area contributed by atoms with E-state index in [9.17, 15) is 13.6 Å². The quantitative estimate of drug-likeness (QED) is 0.817. The van der Waals surface area contributed by atoms with Crippen LogP contribution in [0.15, 0.2) is 36.4 Å². The first-order chi connectivity index (χ1) is 12.0. The molecular weight excluding hydrogens is 371 g/mol. The van der Waals surface area contributed by atoms with E-state index in [1.54, 1.807) is 18.2 Å². The van der Waals surface area contributed by atoms with Crippen molar-refractivity contribution in [3.05, 3.63) is 58.1 Å². The Morgan fingerprint density at radius 3 is 2.00 bits per heavy atom. The lowest BCUT2D eigenvalue weighted by Crippen LogP contribution is -2.50. The van der Waals surface area contributed by atoms with E-state index in [1.165, 1.54) is 11.0 Å². The fourth-order valence-electron chi connectivity index (χ4n) is 2.73. The average molecular weight is 386 g/mol. The van der Waals surface area contributed by atoms with Crippen LogP contribution in [-0.4, -0.2) is 37.1 Å². The topological polar surface area (TPSA) is 35.6 Å². The highest BCUT2D eigenvalue weighted by molar-refractivity contribution is 6.39. The summed E-state index contributed by atoms with van der Waals surface area (Å²) in [6.45, 7) is 1.78. The Bertz CT molecular complexity index is 755. The molecule has 8 heteroatoms. The zero-order valence-corrected chi connectivity index (χ0v) is 14.6. The minimum absolute atomic E-state index is 0.378. The molecule has 2 amide bonds. The fraction of sp³-hybridized carbons (Fsp3) is 0.235. The van der Waals surface area contributed by atoms with Crippen LogP contribution in [0.3, 0.4) is 0 Å². The molecular formula is C17H15Cl2F2N3O. The van der Waals surface area contributed by atoms with Gasteiger partial charge >= 0.3 is 6.03 Å². The minimum atomic E-state index is -0.810. The van der Waals surface area contributed by atoms with Gasteiger partial charge in [0.15, 0.2) is 0 Å². The number of hydrogen-bond donors (Lipinski definition) is 1. The number of rotatable bonds is 2. The number of nitrogens with zero attached hydrogens (tertiary/aromatic N) is 2. The maximum atomic E-state index is 13.6. The van der Waals surface area contributed by atoms with Gasteiger partial charge < -0.3 is 15.1 Å². The zero-order valence-electron chi connectivity index (χ0n) is 13.1. The van der Waals surface area contributed by atoms with Crippen molar-refractivity contribution >= 4 is 40.6 Å². The molecule has 1 heterocycles. The highest BCUT2D eigenvalue weighted by Crippen LogP contribution is 2.34. The van der Waals surface area contributed by atoms with Gasteiger partial charge in [-0.3, -0.25) is 0 Å². The Morgan fingerprint density at radius 2 is 1.44 bits per heavy atom. The summed E-state index contributed by atoms with van der Waals surface area (Å²) in [6, 6.07) is 8.15. The molecule has 0 atom stereocenters. The number of amides is 2. The predicted octanol–water partition coefficient (Wildman–Crippen LogP) is 4.63. The van der Waals surface area contributed by atoms with E-state index in [0.29, 0.717) is 36.2 Å². The maximum absolute atomic E-state index is 13.6. The maximum Gasteiger partial charge on any atom is 0.322 e. The van der Waals surface area contributed by atoms with Crippen molar-refractivity contribution in [3.63, 3.8) is 0 Å². The smallest absolute Gasteiger partial charge is 0.322 e. The van der Waals surface area contributed by atoms with Crippen molar-refractivity contribution in [2.45, 2.75) is 0 Å². The number of benzene rings is 2. The molecule has 0 unspecified atom stereocenters. The lowest BCUT2D eigenvalue weighted by atomic mass is 10.2. The summed E-state index contributed by atoms with van der Waals surface area (Å²) < 4.78 is 27.3. The molecule has 0 aromatic heterocycles. The molecule has 4 nitrogen and oxygen atoms in total. The van der Waals surface area contributed by atoms with Crippen molar-refractivity contribution in [2.24, 2.45) is 0 Å². The average Bonchev–Trinajstić information content (AvgIpc) is 2.58. The summed E-state index contributed by atoms with van der Waals surface area (Å²) in [7, 11) is 0. The second kappa shape index (κ2) is 7.45. The van der Waals surface area contributed by atoms with Crippen LogP contribution in [0.1, 0.15) is 0 Å². The van der Waals surface area contributed by atoms with Crippen LogP contribution in [-0.2, 0) is 0 Å². The number of urea groups is 1. The molecule has 0 spiro atoms. The van der Waals surface area contributed by atoms with Gasteiger partial charge in [0.2, 0.25) is 0 Å². The molecule has 0 bridgehead atoms. The molecule has 3 rings (SSSR count). The number of piperazine rings is 1. The number of halogens is 4. The predicted molar refractivity (Wildman–Crippen MR) is 95.6 cm³/mol. The Labute approximate surface area is 153 Å². The minimum Gasteiger partial charge on any atom is -0.366 e. The van der Waals surface area contributed by atoms with Crippen molar-refractivity contribution in [2.75, 3.05) is 36.4 Å². The van der Waals surface area contributed by atoms with E-state index in [4.69, 9.17) is 23.2 Å². The van der Waals surface area contributed by atoms with Crippen LogP contribution >= 0.6 is 23.2 Å². The van der Waals surface area contributed by atoms with Gasteiger partial charge in [0, 0.05) is 26.2 Å². The first-order valence-corrected chi connectivity index (χ1v) is 8.42. The van der Waals surface area contributed by atoms with E-state index >= 15 is 0 Å². The Kier molecular flexibility index (Phi) is 5.30. The van der Waals surface area contributed by atoms with Gasteiger partial charge in [-0.2, -0.15) is 0 Å². The number of carbonyl (C=O) groups excluding carboxylic acids is 1. The summed E-state index contributed by atoms with van der Waals surface area (Å²) in [4.78, 5) is 15.7. The molecule has 1 fully saturated rings. The third-order valence-electron chi connectivity index (χ3n) is 4.02. The second-order valence-corrected chi connectivity index (χ2v) is 6.39. The first kappa shape index (κ1) is 17.8. The normalized spacial score (nSPS) is 14.6. The van der Waals surface area contributed by atoms with E-state index in [0.717, 1.165) is 17.8 Å². The molecule has 0 radical (unpaired) electrons. The van der Waals surface area contributed by atoms with Crippen LogP contribution in [0, 0.1) is 11.6 Å². The van der Waals surface area contributed by atoms with Crippen LogP contribution in [0.2, 0.25) is 10.0 Å². The van der Waals surface area contributed by atoms with Gasteiger partial charge in [0.05, 0.1) is 15.7 Å². The van der Waals surface area contributed by atoms with Crippen molar-refractivity contribution in [1.29, 1.82) is 0 Å². The summed E-state index contributed by atoms with van der Waals surface area (Å²) in [5.41, 5.74) is 0.287. The van der Waals surface area contributed by atoms with Gasteiger partial charge in [-0.05, 0) is 24.3 Å². The van der Waals surface area contributed by atoms with Gasteiger partial charge in [-0.25, -0.2) is 13.6 Å². The fourth-order valence-corrected chi connectivity index (χ4v) is 3.36. The van der Waals surface area contributed by atoms with E-state index in [-0.39, 0.29) is 0 Å². The molecule has 2 aromatic carbocycles. The number of carbonyl (C=O) groups is 1. The molecule has 0 saturated carbocycles. The molecule has 1 aliphatic heterocycles. The first-order valence-electron chi connectivity index (χ1n) is 7.66. The van der Waals surface area contributed by atoms with E-state index < -0.39 is 23.4 Å². The molecule has 1 N–H and O–H groups in total. The summed E-state index contributed by atoms with van der Waals surface area (Å²) in [5.74, 6) is -1.62. The number of nitrogens with one attached hydrogen (secondary N) is 1. The second-order valence-electron chi connectivity index (χ2n) is 5.57. The van der Waals surface area contributed by atoms with Gasteiger partial charge in [0.1, 0.15) is 17.3 Å². The summed E-state index contributed by atoms with van der Waals surface area (Å²) in [6.07, 6.45) is 0. The van der Waals surface area contributed by atoms with Gasteiger partial charge in [-0.1, -0.05) is 35.3 Å². The van der Waals surface area contributed by atoms with Crippen molar-refractivity contribution in [1.82, 2.24) is 4.90 Å². The third kappa shape index (κ3) is 3.80. The monoisotopic (exact) mass is 385 g/mol. The standard InChI is InChI=1S/C17H15Cl2F2N3O/c18-11-3-1-4-12(19)16(11)23-7-9-24(10-8-23)17(25)22-15-13(20)5-2-6-14(15)21/h1-6H,7-10H2,(H,22,25). The molecule has 1 saturated heterocycles. The number of para-hydroxylation sites is 2. The van der Waals surface area contributed by atoms with E-state index in [1.807, 2.05) is 4.90 Å².